The van der Waals surface area contributed by atoms with E-state index in [4.69, 9.17) is 4.74 Å². The van der Waals surface area contributed by atoms with E-state index in [1.165, 1.54) is 9.87 Å². The molecule has 188 valence electrons. The predicted octanol–water partition coefficient (Wildman–Crippen LogP) is 4.43. The number of ether oxygens (including phenoxy) is 1. The average Bonchev–Trinajstić information content (AvgIpc) is 2.89. The first-order valence-corrected chi connectivity index (χ1v) is 13.4. The summed E-state index contributed by atoms with van der Waals surface area (Å²) in [7, 11) is -3.54. The molecule has 0 aliphatic carbocycles. The Kier molecular flexibility index (Phi) is 8.18. The number of nitrogens with one attached hydrogen (secondary N) is 1. The molecule has 0 unspecified atom stereocenters. The van der Waals surface area contributed by atoms with Crippen molar-refractivity contribution in [1.29, 1.82) is 0 Å². The van der Waals surface area contributed by atoms with Crippen molar-refractivity contribution in [3.8, 4) is 5.75 Å². The third-order valence-electron chi connectivity index (χ3n) is 6.41. The molecule has 1 aliphatic rings. The summed E-state index contributed by atoms with van der Waals surface area (Å²) in [6.07, 6.45) is 2.50. The van der Waals surface area contributed by atoms with E-state index in [1.807, 2.05) is 49.4 Å². The van der Waals surface area contributed by atoms with Crippen LogP contribution >= 0.6 is 0 Å². The van der Waals surface area contributed by atoms with Crippen molar-refractivity contribution >= 4 is 22.1 Å². The first-order chi connectivity index (χ1) is 17.3. The molecule has 0 bridgehead atoms. The largest absolute Gasteiger partial charge is 0.489 e. The van der Waals surface area contributed by atoms with Crippen LogP contribution in [0.2, 0.25) is 0 Å². The van der Waals surface area contributed by atoms with Crippen molar-refractivity contribution in [2.75, 3.05) is 13.1 Å². The highest BCUT2D eigenvalue weighted by atomic mass is 32.2. The quantitative estimate of drug-likeness (QED) is 0.362. The number of amides is 1. The molecule has 7 nitrogen and oxygen atoms in total. The van der Waals surface area contributed by atoms with Gasteiger partial charge in [0, 0.05) is 19.0 Å². The molecule has 1 heterocycles. The van der Waals surface area contributed by atoms with Gasteiger partial charge < -0.3 is 4.74 Å². The van der Waals surface area contributed by atoms with E-state index in [2.05, 4.69) is 23.5 Å². The van der Waals surface area contributed by atoms with Crippen LogP contribution in [0.1, 0.15) is 35.1 Å². The number of carbonyl (C=O) groups is 1. The van der Waals surface area contributed by atoms with Crippen LogP contribution in [-0.4, -0.2) is 37.9 Å². The van der Waals surface area contributed by atoms with Crippen LogP contribution in [0, 0.1) is 19.8 Å². The zero-order valence-corrected chi connectivity index (χ0v) is 21.4. The Morgan fingerprint density at radius 1 is 1.00 bits per heavy atom. The summed E-state index contributed by atoms with van der Waals surface area (Å²) in [5.41, 5.74) is 6.76. The molecular formula is C28H31N3O4S. The van der Waals surface area contributed by atoms with Gasteiger partial charge in [-0.25, -0.2) is 13.8 Å². The lowest BCUT2D eigenvalue weighted by atomic mass is 9.98. The molecule has 1 aliphatic heterocycles. The molecular weight excluding hydrogens is 474 g/mol. The van der Waals surface area contributed by atoms with E-state index >= 15 is 0 Å². The average molecular weight is 506 g/mol. The van der Waals surface area contributed by atoms with Crippen LogP contribution in [0.4, 0.5) is 0 Å². The van der Waals surface area contributed by atoms with Gasteiger partial charge in [-0.1, -0.05) is 42.0 Å². The first-order valence-electron chi connectivity index (χ1n) is 12.0. The van der Waals surface area contributed by atoms with Crippen molar-refractivity contribution < 1.29 is 17.9 Å². The summed E-state index contributed by atoms with van der Waals surface area (Å²) in [5.74, 6) is 0.285. The Hall–Kier alpha value is -3.49. The van der Waals surface area contributed by atoms with Crippen molar-refractivity contribution in [3.63, 3.8) is 0 Å². The fraction of sp³-hybridized carbons (Fsp3) is 0.286. The fourth-order valence-electron chi connectivity index (χ4n) is 4.06. The van der Waals surface area contributed by atoms with Crippen molar-refractivity contribution in [2.45, 2.75) is 38.2 Å². The monoisotopic (exact) mass is 505 g/mol. The van der Waals surface area contributed by atoms with Gasteiger partial charge in [-0.05, 0) is 79.8 Å². The smallest absolute Gasteiger partial charge is 0.243 e. The predicted molar refractivity (Wildman–Crippen MR) is 140 cm³/mol. The van der Waals surface area contributed by atoms with E-state index in [-0.39, 0.29) is 16.7 Å². The molecule has 0 atom stereocenters. The number of sulfonamides is 1. The van der Waals surface area contributed by atoms with E-state index in [9.17, 15) is 13.2 Å². The van der Waals surface area contributed by atoms with E-state index < -0.39 is 10.0 Å². The van der Waals surface area contributed by atoms with Gasteiger partial charge >= 0.3 is 0 Å². The van der Waals surface area contributed by atoms with Crippen LogP contribution in [0.5, 0.6) is 5.75 Å². The standard InChI is InChI=1S/C28H31N3O4S/c1-21-7-13-27(14-8-21)36(33,34)31-17-15-24(16-18-31)28(32)30-29-19-23-9-11-26(12-10-23)35-20-25-6-4-3-5-22(25)2/h3-14,19,24H,15-18,20H2,1-2H3,(H,30,32)/b29-19-. The summed E-state index contributed by atoms with van der Waals surface area (Å²) in [6.45, 7) is 5.09. The van der Waals surface area contributed by atoms with Gasteiger partial charge in [0.1, 0.15) is 12.4 Å². The number of hydrazone groups is 1. The maximum atomic E-state index is 12.8. The number of hydrogen-bond donors (Lipinski definition) is 1. The molecule has 0 spiro atoms. The zero-order valence-electron chi connectivity index (χ0n) is 20.6. The van der Waals surface area contributed by atoms with Crippen LogP contribution < -0.4 is 10.2 Å². The molecule has 0 aromatic heterocycles. The van der Waals surface area contributed by atoms with Crippen molar-refractivity contribution in [2.24, 2.45) is 11.0 Å². The lowest BCUT2D eigenvalue weighted by Crippen LogP contribution is -2.42. The fourth-order valence-corrected chi connectivity index (χ4v) is 5.53. The molecule has 3 aromatic carbocycles. The minimum atomic E-state index is -3.54. The van der Waals surface area contributed by atoms with Gasteiger partial charge in [-0.15, -0.1) is 0 Å². The number of rotatable bonds is 8. The molecule has 36 heavy (non-hydrogen) atoms. The van der Waals surface area contributed by atoms with Gasteiger partial charge in [0.2, 0.25) is 15.9 Å². The number of benzene rings is 3. The summed E-state index contributed by atoms with van der Waals surface area (Å²) < 4.78 is 33.0. The van der Waals surface area contributed by atoms with Gasteiger partial charge in [0.25, 0.3) is 0 Å². The molecule has 0 saturated carbocycles. The number of piperidine rings is 1. The van der Waals surface area contributed by atoms with E-state index in [0.717, 1.165) is 22.4 Å². The third-order valence-corrected chi connectivity index (χ3v) is 8.32. The minimum absolute atomic E-state index is 0.197. The molecule has 0 radical (unpaired) electrons. The highest BCUT2D eigenvalue weighted by Gasteiger charge is 2.32. The maximum absolute atomic E-state index is 12.8. The molecule has 1 saturated heterocycles. The van der Waals surface area contributed by atoms with Crippen molar-refractivity contribution in [1.82, 2.24) is 9.73 Å². The molecule has 4 rings (SSSR count). The van der Waals surface area contributed by atoms with Crippen LogP contribution in [0.15, 0.2) is 82.8 Å². The summed E-state index contributed by atoms with van der Waals surface area (Å²) in [6, 6.07) is 22.4. The molecule has 1 fully saturated rings. The third kappa shape index (κ3) is 6.38. The van der Waals surface area contributed by atoms with Crippen LogP contribution in [0.25, 0.3) is 0 Å². The highest BCUT2D eigenvalue weighted by molar-refractivity contribution is 7.89. The lowest BCUT2D eigenvalue weighted by Gasteiger charge is -2.30. The van der Waals surface area contributed by atoms with E-state index in [0.29, 0.717) is 32.5 Å². The second-order valence-electron chi connectivity index (χ2n) is 9.01. The summed E-state index contributed by atoms with van der Waals surface area (Å²) in [4.78, 5) is 12.8. The van der Waals surface area contributed by atoms with Crippen LogP contribution in [-0.2, 0) is 21.4 Å². The minimum Gasteiger partial charge on any atom is -0.489 e. The van der Waals surface area contributed by atoms with Crippen molar-refractivity contribution in [3.05, 3.63) is 95.1 Å². The number of hydrogen-bond acceptors (Lipinski definition) is 5. The molecule has 1 N–H and O–H groups in total. The zero-order chi connectivity index (χ0) is 25.5. The Morgan fingerprint density at radius 2 is 1.67 bits per heavy atom. The number of nitrogens with zero attached hydrogens (tertiary/aromatic N) is 2. The molecule has 1 amide bonds. The van der Waals surface area contributed by atoms with Gasteiger partial charge in [0.05, 0.1) is 11.1 Å². The second-order valence-corrected chi connectivity index (χ2v) is 10.9. The van der Waals surface area contributed by atoms with Gasteiger partial charge in [-0.2, -0.15) is 9.41 Å². The maximum Gasteiger partial charge on any atom is 0.243 e. The van der Waals surface area contributed by atoms with Gasteiger partial charge in [0.15, 0.2) is 0 Å². The Morgan fingerprint density at radius 3 is 2.33 bits per heavy atom. The number of carbonyl (C=O) groups excluding carboxylic acids is 1. The number of aryl methyl sites for hydroxylation is 2. The lowest BCUT2D eigenvalue weighted by molar-refractivity contribution is -0.126. The summed E-state index contributed by atoms with van der Waals surface area (Å²) in [5, 5.41) is 4.08. The topological polar surface area (TPSA) is 88.1 Å². The Bertz CT molecular complexity index is 1310. The van der Waals surface area contributed by atoms with E-state index in [1.54, 1.807) is 30.5 Å². The second kappa shape index (κ2) is 11.5. The highest BCUT2D eigenvalue weighted by Crippen LogP contribution is 2.24. The normalized spacial score (nSPS) is 15.2. The van der Waals surface area contributed by atoms with Gasteiger partial charge in [-0.3, -0.25) is 4.79 Å². The molecule has 3 aromatic rings. The molecule has 8 heteroatoms. The Balaban J connectivity index is 1.23. The van der Waals surface area contributed by atoms with Crippen LogP contribution in [0.3, 0.4) is 0 Å². The first kappa shape index (κ1) is 25.6. The summed E-state index contributed by atoms with van der Waals surface area (Å²) >= 11 is 0. The Labute approximate surface area is 212 Å². The SMILES string of the molecule is Cc1ccc(S(=O)(=O)N2CCC(C(=O)N/N=C\c3ccc(OCc4ccccc4C)cc3)CC2)cc1.